The third-order valence-corrected chi connectivity index (χ3v) is 5.09. The standard InChI is InChI=1S/C25H22ClN3O6/c1-15(17-8-5-7-11-21(17)35-25(32)18-9-4-6-10-19(18)26)28-29-24(31)23(30)27-20-13-12-16(33-2)14-22(20)34-3/h4-14H,1-3H3,(H,27,30)(H,29,31)/b28-15+. The molecule has 180 valence electrons. The molecule has 0 fully saturated rings. The number of hydrazone groups is 1. The van der Waals surface area contributed by atoms with E-state index in [0.29, 0.717) is 22.8 Å². The number of hydrogen-bond donors (Lipinski definition) is 2. The zero-order valence-electron chi connectivity index (χ0n) is 19.1. The van der Waals surface area contributed by atoms with Gasteiger partial charge in [-0.25, -0.2) is 10.2 Å². The molecule has 0 aliphatic rings. The fraction of sp³-hybridized carbons (Fsp3) is 0.120. The molecular weight excluding hydrogens is 474 g/mol. The van der Waals surface area contributed by atoms with Crippen molar-refractivity contribution in [1.82, 2.24) is 5.43 Å². The van der Waals surface area contributed by atoms with E-state index in [-0.39, 0.29) is 22.0 Å². The zero-order chi connectivity index (χ0) is 25.4. The van der Waals surface area contributed by atoms with E-state index in [4.69, 9.17) is 25.8 Å². The van der Waals surface area contributed by atoms with Crippen molar-refractivity contribution in [2.75, 3.05) is 19.5 Å². The summed E-state index contributed by atoms with van der Waals surface area (Å²) < 4.78 is 15.8. The fourth-order valence-corrected chi connectivity index (χ4v) is 3.18. The number of rotatable bonds is 7. The second-order valence-corrected chi connectivity index (χ2v) is 7.43. The average Bonchev–Trinajstić information content (AvgIpc) is 2.87. The Balaban J connectivity index is 1.70. The Kier molecular flexibility index (Phi) is 8.42. The molecule has 0 bridgehead atoms. The molecule has 0 aliphatic heterocycles. The smallest absolute Gasteiger partial charge is 0.345 e. The molecule has 0 spiro atoms. The first-order valence-electron chi connectivity index (χ1n) is 10.3. The first-order chi connectivity index (χ1) is 16.8. The number of hydrogen-bond acceptors (Lipinski definition) is 7. The highest BCUT2D eigenvalue weighted by atomic mass is 35.5. The van der Waals surface area contributed by atoms with Gasteiger partial charge in [-0.05, 0) is 43.3 Å². The van der Waals surface area contributed by atoms with Crippen LogP contribution in [0.25, 0.3) is 0 Å². The van der Waals surface area contributed by atoms with Gasteiger partial charge >= 0.3 is 17.8 Å². The highest BCUT2D eigenvalue weighted by Crippen LogP contribution is 2.29. The number of carbonyl (C=O) groups is 3. The fourth-order valence-electron chi connectivity index (χ4n) is 2.96. The maximum atomic E-state index is 12.5. The molecule has 35 heavy (non-hydrogen) atoms. The Morgan fingerprint density at radius 3 is 2.20 bits per heavy atom. The van der Waals surface area contributed by atoms with E-state index in [9.17, 15) is 14.4 Å². The van der Waals surface area contributed by atoms with Crippen LogP contribution >= 0.6 is 11.6 Å². The van der Waals surface area contributed by atoms with E-state index < -0.39 is 17.8 Å². The van der Waals surface area contributed by atoms with Gasteiger partial charge in [-0.1, -0.05) is 35.9 Å². The number of nitrogens with one attached hydrogen (secondary N) is 2. The average molecular weight is 496 g/mol. The molecule has 3 aromatic carbocycles. The topological polar surface area (TPSA) is 115 Å². The zero-order valence-corrected chi connectivity index (χ0v) is 19.9. The van der Waals surface area contributed by atoms with Gasteiger partial charge in [0, 0.05) is 11.6 Å². The lowest BCUT2D eigenvalue weighted by molar-refractivity contribution is -0.136. The number of ether oxygens (including phenoxy) is 3. The van der Waals surface area contributed by atoms with Gasteiger partial charge in [0.2, 0.25) is 0 Å². The number of nitrogens with zero attached hydrogens (tertiary/aromatic N) is 1. The number of halogens is 1. The molecule has 0 saturated heterocycles. The van der Waals surface area contributed by atoms with Crippen LogP contribution in [0, 0.1) is 0 Å². The monoisotopic (exact) mass is 495 g/mol. The van der Waals surface area contributed by atoms with Gasteiger partial charge in [0.1, 0.15) is 17.2 Å². The molecule has 0 saturated carbocycles. The first kappa shape index (κ1) is 25.3. The number of amides is 2. The molecular formula is C25H22ClN3O6. The van der Waals surface area contributed by atoms with Crippen molar-refractivity contribution in [3.8, 4) is 17.2 Å². The van der Waals surface area contributed by atoms with Crippen LogP contribution in [0.15, 0.2) is 71.8 Å². The van der Waals surface area contributed by atoms with Crippen LogP contribution in [0.1, 0.15) is 22.8 Å². The highest BCUT2D eigenvalue weighted by molar-refractivity contribution is 6.39. The summed E-state index contributed by atoms with van der Waals surface area (Å²) in [4.78, 5) is 37.2. The molecule has 0 aliphatic carbocycles. The summed E-state index contributed by atoms with van der Waals surface area (Å²) in [5.74, 6) is -1.55. The molecule has 10 heteroatoms. The van der Waals surface area contributed by atoms with Gasteiger partial charge in [0.05, 0.1) is 36.2 Å². The predicted molar refractivity (Wildman–Crippen MR) is 131 cm³/mol. The van der Waals surface area contributed by atoms with Crippen LogP contribution < -0.4 is 25.0 Å². The molecule has 2 N–H and O–H groups in total. The largest absolute Gasteiger partial charge is 0.497 e. The van der Waals surface area contributed by atoms with E-state index in [0.717, 1.165) is 0 Å². The van der Waals surface area contributed by atoms with Crippen LogP contribution in [-0.4, -0.2) is 37.7 Å². The summed E-state index contributed by atoms with van der Waals surface area (Å²) >= 11 is 6.07. The summed E-state index contributed by atoms with van der Waals surface area (Å²) in [6.45, 7) is 1.59. The van der Waals surface area contributed by atoms with Crippen molar-refractivity contribution in [3.05, 3.63) is 82.9 Å². The molecule has 0 heterocycles. The first-order valence-corrected chi connectivity index (χ1v) is 10.7. The Bertz CT molecular complexity index is 1290. The Hall–Kier alpha value is -4.37. The van der Waals surface area contributed by atoms with Gasteiger partial charge in [-0.15, -0.1) is 0 Å². The minimum Gasteiger partial charge on any atom is -0.497 e. The van der Waals surface area contributed by atoms with Crippen molar-refractivity contribution in [2.24, 2.45) is 5.10 Å². The van der Waals surface area contributed by atoms with Crippen molar-refractivity contribution in [3.63, 3.8) is 0 Å². The van der Waals surface area contributed by atoms with Crippen molar-refractivity contribution in [2.45, 2.75) is 6.92 Å². The second-order valence-electron chi connectivity index (χ2n) is 7.02. The SMILES string of the molecule is COc1ccc(NC(=O)C(=O)N/N=C(\C)c2ccccc2OC(=O)c2ccccc2Cl)c(OC)c1. The van der Waals surface area contributed by atoms with Crippen LogP contribution in [0.5, 0.6) is 17.2 Å². The lowest BCUT2D eigenvalue weighted by atomic mass is 10.1. The normalized spacial score (nSPS) is 10.8. The van der Waals surface area contributed by atoms with Crippen molar-refractivity contribution < 1.29 is 28.6 Å². The summed E-state index contributed by atoms with van der Waals surface area (Å²) in [6, 6.07) is 17.8. The van der Waals surface area contributed by atoms with Crippen molar-refractivity contribution >= 4 is 40.8 Å². The van der Waals surface area contributed by atoms with E-state index in [1.807, 2.05) is 0 Å². The molecule has 0 aromatic heterocycles. The Labute approximate surface area is 206 Å². The van der Waals surface area contributed by atoms with E-state index >= 15 is 0 Å². The molecule has 0 atom stereocenters. The third kappa shape index (κ3) is 6.36. The Morgan fingerprint density at radius 2 is 1.51 bits per heavy atom. The van der Waals surface area contributed by atoms with Gasteiger partial charge < -0.3 is 19.5 Å². The molecule has 3 rings (SSSR count). The maximum Gasteiger partial charge on any atom is 0.345 e. The van der Waals surface area contributed by atoms with Crippen LogP contribution in [-0.2, 0) is 9.59 Å². The number of benzene rings is 3. The summed E-state index contributed by atoms with van der Waals surface area (Å²) in [6.07, 6.45) is 0. The van der Waals surface area contributed by atoms with Gasteiger partial charge in [0.15, 0.2) is 0 Å². The van der Waals surface area contributed by atoms with Gasteiger partial charge in [0.25, 0.3) is 0 Å². The number of para-hydroxylation sites is 1. The number of carbonyl (C=O) groups excluding carboxylic acids is 3. The predicted octanol–water partition coefficient (Wildman–Crippen LogP) is 4.06. The number of methoxy groups -OCH3 is 2. The lowest BCUT2D eigenvalue weighted by Crippen LogP contribution is -2.33. The number of esters is 1. The van der Waals surface area contributed by atoms with Crippen LogP contribution in [0.2, 0.25) is 5.02 Å². The second kappa shape index (κ2) is 11.7. The van der Waals surface area contributed by atoms with Crippen molar-refractivity contribution in [1.29, 1.82) is 0 Å². The van der Waals surface area contributed by atoms with Crippen LogP contribution in [0.4, 0.5) is 5.69 Å². The highest BCUT2D eigenvalue weighted by Gasteiger charge is 2.18. The summed E-state index contributed by atoms with van der Waals surface area (Å²) in [5.41, 5.74) is 3.42. The van der Waals surface area contributed by atoms with E-state index in [2.05, 4.69) is 15.8 Å². The number of anilines is 1. The quantitative estimate of drug-likeness (QED) is 0.168. The molecule has 3 aromatic rings. The molecule has 2 amide bonds. The van der Waals surface area contributed by atoms with Crippen LogP contribution in [0.3, 0.4) is 0 Å². The summed E-state index contributed by atoms with van der Waals surface area (Å²) in [5, 5.41) is 6.68. The minimum atomic E-state index is -1.01. The van der Waals surface area contributed by atoms with Gasteiger partial charge in [-0.2, -0.15) is 5.10 Å². The van der Waals surface area contributed by atoms with Gasteiger partial charge in [-0.3, -0.25) is 9.59 Å². The molecule has 0 radical (unpaired) electrons. The Morgan fingerprint density at radius 1 is 0.829 bits per heavy atom. The lowest BCUT2D eigenvalue weighted by Gasteiger charge is -2.12. The minimum absolute atomic E-state index is 0.206. The maximum absolute atomic E-state index is 12.5. The molecule has 0 unspecified atom stereocenters. The summed E-state index contributed by atoms with van der Waals surface area (Å²) in [7, 11) is 2.92. The third-order valence-electron chi connectivity index (χ3n) is 4.76. The molecule has 9 nitrogen and oxygen atoms in total. The van der Waals surface area contributed by atoms with E-state index in [1.54, 1.807) is 73.7 Å². The van der Waals surface area contributed by atoms with E-state index in [1.165, 1.54) is 14.2 Å².